The number of rotatable bonds is 7. The normalized spacial score (nSPS) is 14.3. The van der Waals surface area contributed by atoms with Crippen molar-refractivity contribution >= 4 is 44.6 Å². The first-order chi connectivity index (χ1) is 16.2. The maximum Gasteiger partial charge on any atom is 0.269 e. The summed E-state index contributed by atoms with van der Waals surface area (Å²) in [6, 6.07) is 11.1. The number of aromatic nitrogens is 2. The number of hydrogen-bond acceptors (Lipinski definition) is 9. The highest BCUT2D eigenvalue weighted by molar-refractivity contribution is 7.18. The van der Waals surface area contributed by atoms with Crippen LogP contribution in [-0.2, 0) is 11.3 Å². The van der Waals surface area contributed by atoms with Gasteiger partial charge in [-0.05, 0) is 35.7 Å². The van der Waals surface area contributed by atoms with Gasteiger partial charge in [0, 0.05) is 34.5 Å². The Kier molecular flexibility index (Phi) is 6.49. The van der Waals surface area contributed by atoms with Crippen molar-refractivity contribution < 1.29 is 14.3 Å². The van der Waals surface area contributed by atoms with Crippen LogP contribution < -0.4 is 15.6 Å². The number of nitrogens with one attached hydrogen (secondary N) is 2. The summed E-state index contributed by atoms with van der Waals surface area (Å²) < 4.78 is 10.6. The number of ether oxygens (including phenoxy) is 2. The van der Waals surface area contributed by atoms with E-state index in [1.54, 1.807) is 54.0 Å². The van der Waals surface area contributed by atoms with Crippen LogP contribution in [-0.4, -0.2) is 54.2 Å². The van der Waals surface area contributed by atoms with Crippen LogP contribution >= 0.6 is 22.7 Å². The van der Waals surface area contributed by atoms with E-state index in [0.29, 0.717) is 42.7 Å². The number of carbonyl (C=O) groups is 1. The van der Waals surface area contributed by atoms with Crippen LogP contribution in [0.2, 0.25) is 0 Å². The fourth-order valence-corrected chi connectivity index (χ4v) is 5.43. The SMILES string of the molecule is COc1ccc(C(=O)NNc2nc(CN3CCOCC3)nc3scc(-c4cccs4)c23)cc1. The second-order valence-electron chi connectivity index (χ2n) is 7.49. The van der Waals surface area contributed by atoms with Crippen molar-refractivity contribution in [1.82, 2.24) is 20.3 Å². The summed E-state index contributed by atoms with van der Waals surface area (Å²) in [7, 11) is 1.59. The quantitative estimate of drug-likeness (QED) is 0.386. The Morgan fingerprint density at radius 2 is 1.97 bits per heavy atom. The molecule has 1 aliphatic rings. The maximum absolute atomic E-state index is 12.7. The molecule has 1 amide bonds. The molecule has 170 valence electrons. The number of hydrogen-bond donors (Lipinski definition) is 2. The molecule has 1 aliphatic heterocycles. The van der Waals surface area contributed by atoms with Crippen LogP contribution in [0.3, 0.4) is 0 Å². The molecule has 0 bridgehead atoms. The van der Waals surface area contributed by atoms with Crippen LogP contribution in [0.25, 0.3) is 20.7 Å². The number of methoxy groups -OCH3 is 1. The number of thiophene rings is 2. The molecule has 4 aromatic rings. The van der Waals surface area contributed by atoms with E-state index >= 15 is 0 Å². The van der Waals surface area contributed by atoms with Gasteiger partial charge in [-0.25, -0.2) is 9.97 Å². The van der Waals surface area contributed by atoms with Gasteiger partial charge in [-0.1, -0.05) is 6.07 Å². The summed E-state index contributed by atoms with van der Waals surface area (Å²) in [5.74, 6) is 1.75. The molecule has 4 heterocycles. The predicted octanol–water partition coefficient (Wildman–Crippen LogP) is 4.02. The lowest BCUT2D eigenvalue weighted by Gasteiger charge is -2.25. The zero-order chi connectivity index (χ0) is 22.6. The van der Waals surface area contributed by atoms with E-state index in [2.05, 4.69) is 27.2 Å². The molecule has 1 fully saturated rings. The zero-order valence-corrected chi connectivity index (χ0v) is 19.7. The van der Waals surface area contributed by atoms with Crippen molar-refractivity contribution in [2.45, 2.75) is 6.54 Å². The first kappa shape index (κ1) is 21.8. The van der Waals surface area contributed by atoms with Gasteiger partial charge in [-0.3, -0.25) is 20.5 Å². The first-order valence-electron chi connectivity index (χ1n) is 10.5. The van der Waals surface area contributed by atoms with E-state index in [1.165, 1.54) is 0 Å². The molecular formula is C23H23N5O3S2. The van der Waals surface area contributed by atoms with Crippen LogP contribution in [0.1, 0.15) is 16.2 Å². The van der Waals surface area contributed by atoms with Crippen LogP contribution in [0.15, 0.2) is 47.2 Å². The number of nitrogens with zero attached hydrogens (tertiary/aromatic N) is 3. The zero-order valence-electron chi connectivity index (χ0n) is 18.0. The number of hydrazine groups is 1. The van der Waals surface area contributed by atoms with Crippen molar-refractivity contribution in [3.8, 4) is 16.2 Å². The van der Waals surface area contributed by atoms with Gasteiger partial charge in [0.1, 0.15) is 16.4 Å². The highest BCUT2D eigenvalue weighted by Gasteiger charge is 2.19. The van der Waals surface area contributed by atoms with Gasteiger partial charge in [0.05, 0.1) is 32.3 Å². The van der Waals surface area contributed by atoms with E-state index in [4.69, 9.17) is 19.4 Å². The number of benzene rings is 1. The Morgan fingerprint density at radius 3 is 2.70 bits per heavy atom. The number of morpholine rings is 1. The fraction of sp³-hybridized carbons (Fsp3) is 0.261. The van der Waals surface area contributed by atoms with E-state index in [1.807, 2.05) is 11.4 Å². The molecule has 2 N–H and O–H groups in total. The molecule has 0 unspecified atom stereocenters. The van der Waals surface area contributed by atoms with Gasteiger partial charge in [-0.2, -0.15) is 0 Å². The fourth-order valence-electron chi connectivity index (χ4n) is 3.65. The Hall–Kier alpha value is -3.05. The molecule has 3 aromatic heterocycles. The van der Waals surface area contributed by atoms with Crippen molar-refractivity contribution in [2.24, 2.45) is 0 Å². The van der Waals surface area contributed by atoms with Crippen molar-refractivity contribution in [3.63, 3.8) is 0 Å². The van der Waals surface area contributed by atoms with Crippen molar-refractivity contribution in [2.75, 3.05) is 38.8 Å². The van der Waals surface area contributed by atoms with Crippen molar-refractivity contribution in [3.05, 3.63) is 58.5 Å². The van der Waals surface area contributed by atoms with Gasteiger partial charge in [0.25, 0.3) is 5.91 Å². The lowest BCUT2D eigenvalue weighted by molar-refractivity contribution is 0.0331. The molecule has 0 spiro atoms. The Morgan fingerprint density at radius 1 is 1.15 bits per heavy atom. The third-order valence-electron chi connectivity index (χ3n) is 5.38. The smallest absolute Gasteiger partial charge is 0.269 e. The number of anilines is 1. The molecule has 1 aromatic carbocycles. The number of fused-ring (bicyclic) bond motifs is 1. The molecule has 0 aliphatic carbocycles. The van der Waals surface area contributed by atoms with Gasteiger partial charge >= 0.3 is 0 Å². The molecule has 33 heavy (non-hydrogen) atoms. The molecule has 1 saturated heterocycles. The summed E-state index contributed by atoms with van der Waals surface area (Å²) in [4.78, 5) is 26.7. The lowest BCUT2D eigenvalue weighted by atomic mass is 10.2. The number of carbonyl (C=O) groups excluding carboxylic acids is 1. The summed E-state index contributed by atoms with van der Waals surface area (Å²) in [5, 5.41) is 5.05. The highest BCUT2D eigenvalue weighted by Crippen LogP contribution is 2.38. The largest absolute Gasteiger partial charge is 0.497 e. The predicted molar refractivity (Wildman–Crippen MR) is 131 cm³/mol. The van der Waals surface area contributed by atoms with Crippen molar-refractivity contribution in [1.29, 1.82) is 0 Å². The first-order valence-corrected chi connectivity index (χ1v) is 12.3. The van der Waals surface area contributed by atoms with E-state index in [-0.39, 0.29) is 5.91 Å². The standard InChI is InChI=1S/C23H23N5O3S2/c1-30-16-6-4-15(5-7-16)22(29)27-26-21-20-17(18-3-2-12-32-18)14-33-23(20)25-19(24-21)13-28-8-10-31-11-9-28/h2-7,12,14H,8-11,13H2,1H3,(H,27,29)(H,24,25,26). The summed E-state index contributed by atoms with van der Waals surface area (Å²) >= 11 is 3.25. The maximum atomic E-state index is 12.7. The molecule has 0 radical (unpaired) electrons. The minimum atomic E-state index is -0.257. The molecule has 5 rings (SSSR count). The second-order valence-corrected chi connectivity index (χ2v) is 9.30. The molecule has 8 nitrogen and oxygen atoms in total. The van der Waals surface area contributed by atoms with Gasteiger partial charge in [0.2, 0.25) is 0 Å². The molecule has 10 heteroatoms. The lowest BCUT2D eigenvalue weighted by Crippen LogP contribution is -2.36. The van der Waals surface area contributed by atoms with Gasteiger partial charge < -0.3 is 9.47 Å². The van der Waals surface area contributed by atoms with Gasteiger partial charge in [-0.15, -0.1) is 22.7 Å². The molecular weight excluding hydrogens is 458 g/mol. The minimum absolute atomic E-state index is 0.257. The Balaban J connectivity index is 1.44. The Labute approximate surface area is 199 Å². The Bertz CT molecular complexity index is 1240. The average Bonchev–Trinajstić information content (AvgIpc) is 3.53. The van der Waals surface area contributed by atoms with Crippen LogP contribution in [0.4, 0.5) is 5.82 Å². The monoisotopic (exact) mass is 481 g/mol. The second kappa shape index (κ2) is 9.84. The van der Waals surface area contributed by atoms with E-state index in [0.717, 1.165) is 33.7 Å². The summed E-state index contributed by atoms with van der Waals surface area (Å²) in [6.45, 7) is 3.76. The third-order valence-corrected chi connectivity index (χ3v) is 7.16. The van der Waals surface area contributed by atoms with E-state index in [9.17, 15) is 4.79 Å². The summed E-state index contributed by atoms with van der Waals surface area (Å²) in [6.07, 6.45) is 0. The van der Waals surface area contributed by atoms with Crippen LogP contribution in [0.5, 0.6) is 5.75 Å². The average molecular weight is 482 g/mol. The number of amides is 1. The van der Waals surface area contributed by atoms with Crippen LogP contribution in [0, 0.1) is 0 Å². The minimum Gasteiger partial charge on any atom is -0.497 e. The third kappa shape index (κ3) is 4.83. The molecule has 0 saturated carbocycles. The topological polar surface area (TPSA) is 88.6 Å². The molecule has 0 atom stereocenters. The summed E-state index contributed by atoms with van der Waals surface area (Å²) in [5.41, 5.74) is 7.44. The highest BCUT2D eigenvalue weighted by atomic mass is 32.1. The van der Waals surface area contributed by atoms with E-state index < -0.39 is 0 Å². The van der Waals surface area contributed by atoms with Gasteiger partial charge in [0.15, 0.2) is 5.82 Å².